The summed E-state index contributed by atoms with van der Waals surface area (Å²) >= 11 is 6.57. The number of piperidine rings is 2. The summed E-state index contributed by atoms with van der Waals surface area (Å²) in [6.07, 6.45) is 5.27. The van der Waals surface area contributed by atoms with Crippen molar-refractivity contribution < 1.29 is 18.7 Å². The van der Waals surface area contributed by atoms with Gasteiger partial charge < -0.3 is 19.5 Å². The van der Waals surface area contributed by atoms with Crippen LogP contribution in [-0.2, 0) is 16.6 Å². The first-order chi connectivity index (χ1) is 25.5. The highest BCUT2D eigenvalue weighted by Gasteiger charge is 2.39. The van der Waals surface area contributed by atoms with E-state index in [2.05, 4.69) is 47.0 Å². The Morgan fingerprint density at radius 3 is 2.40 bits per heavy atom. The largest absolute Gasteiger partial charge is 0.453 e. The lowest BCUT2D eigenvalue weighted by atomic mass is 9.89. The van der Waals surface area contributed by atoms with Crippen molar-refractivity contribution in [2.24, 2.45) is 7.05 Å². The van der Waals surface area contributed by atoms with Gasteiger partial charge in [-0.05, 0) is 62.2 Å². The van der Waals surface area contributed by atoms with Crippen LogP contribution < -0.4 is 19.9 Å². The number of H-pyrrole nitrogens is 1. The summed E-state index contributed by atoms with van der Waals surface area (Å²) < 4.78 is 24.3. The zero-order valence-electron chi connectivity index (χ0n) is 30.1. The van der Waals surface area contributed by atoms with Gasteiger partial charge in [-0.3, -0.25) is 24.5 Å². The third kappa shape index (κ3) is 7.19. The van der Waals surface area contributed by atoms with E-state index >= 15 is 4.39 Å². The van der Waals surface area contributed by atoms with Crippen molar-refractivity contribution in [1.82, 2.24) is 34.9 Å². The number of imide groups is 1. The zero-order valence-corrected chi connectivity index (χ0v) is 30.9. The lowest BCUT2D eigenvalue weighted by Gasteiger charge is -2.45. The number of amides is 2. The van der Waals surface area contributed by atoms with E-state index in [-0.39, 0.29) is 23.8 Å². The molecule has 5 aromatic rings. The molecule has 2 aromatic carbocycles. The number of pyridine rings is 1. The summed E-state index contributed by atoms with van der Waals surface area (Å²) in [5.74, 6) is 0.994. The van der Waals surface area contributed by atoms with Crippen molar-refractivity contribution >= 4 is 46.0 Å². The van der Waals surface area contributed by atoms with Crippen molar-refractivity contribution in [1.29, 1.82) is 0 Å². The Balaban J connectivity index is 0.851. The molecule has 14 heteroatoms. The van der Waals surface area contributed by atoms with E-state index in [1.807, 2.05) is 68.7 Å². The number of carbonyl (C=O) groups excluding carboxylic acids is 2. The fourth-order valence-electron chi connectivity index (χ4n) is 7.90. The molecule has 3 aromatic heterocycles. The minimum atomic E-state index is -1.25. The van der Waals surface area contributed by atoms with Crippen LogP contribution in [0.5, 0.6) is 11.5 Å². The molecule has 3 aliphatic rings. The number of fused-ring (bicyclic) bond motifs is 1. The second kappa shape index (κ2) is 14.1. The molecule has 53 heavy (non-hydrogen) atoms. The number of nitrogens with zero attached hydrogens (tertiary/aromatic N) is 7. The van der Waals surface area contributed by atoms with Crippen molar-refractivity contribution in [3.63, 3.8) is 0 Å². The molecule has 2 atom stereocenters. The van der Waals surface area contributed by atoms with Gasteiger partial charge in [-0.1, -0.05) is 23.7 Å². The van der Waals surface area contributed by atoms with Gasteiger partial charge in [0, 0.05) is 89.2 Å². The average Bonchev–Trinajstić information content (AvgIpc) is 3.73. The lowest BCUT2D eigenvalue weighted by molar-refractivity contribution is -0.134. The minimum absolute atomic E-state index is 0.187. The second-order valence-electron chi connectivity index (χ2n) is 14.6. The van der Waals surface area contributed by atoms with Gasteiger partial charge >= 0.3 is 0 Å². The maximum Gasteiger partial charge on any atom is 0.234 e. The van der Waals surface area contributed by atoms with Gasteiger partial charge in [-0.15, -0.1) is 0 Å². The van der Waals surface area contributed by atoms with E-state index < -0.39 is 5.67 Å². The Morgan fingerprint density at radius 2 is 1.72 bits per heavy atom. The number of halogens is 2. The number of hydrogen-bond acceptors (Lipinski definition) is 9. The molecule has 3 fully saturated rings. The summed E-state index contributed by atoms with van der Waals surface area (Å²) in [4.78, 5) is 43.0. The van der Waals surface area contributed by atoms with Crippen LogP contribution in [0.25, 0.3) is 22.6 Å². The Bertz CT molecular complexity index is 2140. The van der Waals surface area contributed by atoms with Crippen molar-refractivity contribution in [3.8, 4) is 22.9 Å². The van der Waals surface area contributed by atoms with Gasteiger partial charge in [0.25, 0.3) is 0 Å². The number of benzene rings is 2. The number of nitrogens with one attached hydrogen (secondary N) is 2. The van der Waals surface area contributed by atoms with Crippen LogP contribution in [-0.4, -0.2) is 92.4 Å². The maximum absolute atomic E-state index is 16.3. The first kappa shape index (κ1) is 35.0. The fraction of sp³-hybridized carbons (Fsp3) is 0.410. The molecule has 2 N–H and O–H groups in total. The molecule has 0 radical (unpaired) electrons. The van der Waals surface area contributed by atoms with Gasteiger partial charge in [-0.25, -0.2) is 14.4 Å². The van der Waals surface area contributed by atoms with Crippen molar-refractivity contribution in [3.05, 3.63) is 77.2 Å². The minimum Gasteiger partial charge on any atom is -0.453 e. The molecule has 276 valence electrons. The van der Waals surface area contributed by atoms with Crippen LogP contribution in [0.3, 0.4) is 0 Å². The molecule has 0 aliphatic carbocycles. The first-order valence-electron chi connectivity index (χ1n) is 18.2. The molecule has 6 heterocycles. The molecule has 12 nitrogen and oxygen atoms in total. The summed E-state index contributed by atoms with van der Waals surface area (Å²) in [6, 6.07) is 16.1. The summed E-state index contributed by atoms with van der Waals surface area (Å²) in [5, 5.41) is 7.23. The Morgan fingerprint density at radius 1 is 1.00 bits per heavy atom. The number of rotatable bonds is 8. The monoisotopic (exact) mass is 739 g/mol. The SMILES string of the molecule is Cc1nn(C)cc1-c1nc2ncc(Cl)c(Oc3ccc(N4CCN(CC5(F)CCN(c6ccc([C@@H]7CCC(=O)NC7=O)cc6)CC5)[C@H](C)C4)cc3)c2[nH]1. The number of ether oxygens (including phenoxy) is 1. The van der Waals surface area contributed by atoms with Crippen LogP contribution in [0.15, 0.2) is 60.9 Å². The van der Waals surface area contributed by atoms with Gasteiger partial charge in [-0.2, -0.15) is 5.10 Å². The first-order valence-corrected chi connectivity index (χ1v) is 18.6. The van der Waals surface area contributed by atoms with E-state index in [0.29, 0.717) is 78.8 Å². The van der Waals surface area contributed by atoms with E-state index in [1.54, 1.807) is 10.9 Å². The van der Waals surface area contributed by atoms with Crippen LogP contribution in [0.2, 0.25) is 5.02 Å². The molecule has 2 amide bonds. The van der Waals surface area contributed by atoms with E-state index in [9.17, 15) is 9.59 Å². The quantitative estimate of drug-likeness (QED) is 0.180. The summed E-state index contributed by atoms with van der Waals surface area (Å²) in [5.41, 5.74) is 4.63. The van der Waals surface area contributed by atoms with E-state index in [0.717, 1.165) is 47.8 Å². The second-order valence-corrected chi connectivity index (χ2v) is 15.0. The van der Waals surface area contributed by atoms with Crippen LogP contribution >= 0.6 is 11.6 Å². The molecule has 0 unspecified atom stereocenters. The molecule has 3 aliphatic heterocycles. The molecule has 0 saturated carbocycles. The van der Waals surface area contributed by atoms with Gasteiger partial charge in [0.1, 0.15) is 27.8 Å². The molecular weight excluding hydrogens is 697 g/mol. The Labute approximate surface area is 312 Å². The number of piperazine rings is 1. The van der Waals surface area contributed by atoms with E-state index in [4.69, 9.17) is 16.3 Å². The van der Waals surface area contributed by atoms with Crippen molar-refractivity contribution in [2.75, 3.05) is 49.1 Å². The van der Waals surface area contributed by atoms with Gasteiger partial charge in [0.15, 0.2) is 11.4 Å². The van der Waals surface area contributed by atoms with Crippen molar-refractivity contribution in [2.45, 2.75) is 57.2 Å². The maximum atomic E-state index is 16.3. The van der Waals surface area contributed by atoms with Crippen LogP contribution in [0.4, 0.5) is 15.8 Å². The summed E-state index contributed by atoms with van der Waals surface area (Å²) in [6.45, 7) is 8.18. The highest BCUT2D eigenvalue weighted by Crippen LogP contribution is 2.37. The third-order valence-corrected chi connectivity index (χ3v) is 11.2. The fourth-order valence-corrected chi connectivity index (χ4v) is 8.08. The molecule has 0 bridgehead atoms. The molecule has 8 rings (SSSR count). The van der Waals surface area contributed by atoms with Gasteiger partial charge in [0.2, 0.25) is 11.8 Å². The van der Waals surface area contributed by atoms with Gasteiger partial charge in [0.05, 0.1) is 23.4 Å². The number of hydrogen-bond donors (Lipinski definition) is 2. The molecule has 0 spiro atoms. The third-order valence-electron chi connectivity index (χ3n) is 10.9. The number of aromatic nitrogens is 5. The topological polar surface area (TPSA) is 125 Å². The predicted octanol–water partition coefficient (Wildman–Crippen LogP) is 6.15. The normalized spacial score (nSPS) is 20.9. The number of alkyl halides is 1. The molecular formula is C39H43ClFN9O3. The zero-order chi connectivity index (χ0) is 36.9. The lowest BCUT2D eigenvalue weighted by Crippen LogP contribution is -2.57. The summed E-state index contributed by atoms with van der Waals surface area (Å²) in [7, 11) is 1.87. The highest BCUT2D eigenvalue weighted by molar-refractivity contribution is 6.32. The predicted molar refractivity (Wildman–Crippen MR) is 202 cm³/mol. The number of carbonyl (C=O) groups is 2. The van der Waals surface area contributed by atoms with Crippen LogP contribution in [0, 0.1) is 6.92 Å². The molecule has 3 saturated heterocycles. The number of aryl methyl sites for hydroxylation is 2. The Hall–Kier alpha value is -5.01. The van der Waals surface area contributed by atoms with Crippen LogP contribution in [0.1, 0.15) is 49.8 Å². The van der Waals surface area contributed by atoms with E-state index in [1.165, 1.54) is 0 Å². The number of aromatic amines is 1. The average molecular weight is 740 g/mol. The Kier molecular flexibility index (Phi) is 9.32. The smallest absolute Gasteiger partial charge is 0.234 e. The number of anilines is 2. The number of imidazole rings is 1. The standard InChI is InChI=1S/C39H43ClFN9O3/c1-24-21-49(28-8-10-29(11-9-28)53-35-32(40)20-42-37-34(35)44-36(45-37)31-22-47(3)46-25(31)2)18-19-50(24)23-39(41)14-16-48(17-15-39)27-6-4-26(5-7-27)30-12-13-33(51)43-38(30)52/h4-11,20,22,24,30H,12-19,21,23H2,1-3H3,(H,42,44,45)(H,43,51,52)/t24-,30+/m1/s1. The highest BCUT2D eigenvalue weighted by atomic mass is 35.5.